The van der Waals surface area contributed by atoms with Gasteiger partial charge in [0.05, 0.1) is 28.5 Å². The molecule has 0 aliphatic heterocycles. The third kappa shape index (κ3) is 5.32. The van der Waals surface area contributed by atoms with Crippen molar-refractivity contribution in [1.29, 1.82) is 0 Å². The third-order valence-corrected chi connectivity index (χ3v) is 16.8. The van der Waals surface area contributed by atoms with Crippen LogP contribution in [0.15, 0.2) is 48.7 Å². The maximum absolute atomic E-state index is 14.8. The molecule has 0 saturated heterocycles. The van der Waals surface area contributed by atoms with Crippen LogP contribution in [0.2, 0.25) is 0 Å². The van der Waals surface area contributed by atoms with Crippen molar-refractivity contribution in [2.45, 2.75) is 132 Å². The van der Waals surface area contributed by atoms with E-state index in [9.17, 15) is 19.5 Å². The molecule has 4 unspecified atom stereocenters. The molecule has 1 heterocycles. The van der Waals surface area contributed by atoms with Crippen molar-refractivity contribution in [3.63, 3.8) is 0 Å². The molecule has 2 N–H and O–H groups in total. The monoisotopic (exact) mass is 710 g/mol. The number of nitrogens with zero attached hydrogens (tertiary/aromatic N) is 1. The minimum atomic E-state index is -1.15. The van der Waals surface area contributed by atoms with Crippen LogP contribution in [-0.4, -0.2) is 34.0 Å². The second kappa shape index (κ2) is 12.4. The fourth-order valence-corrected chi connectivity index (χ4v) is 13.8. The number of amides is 1. The summed E-state index contributed by atoms with van der Waals surface area (Å²) in [6, 6.07) is 10.0. The number of anilines is 1. The lowest BCUT2D eigenvalue weighted by Crippen LogP contribution is -2.67. The van der Waals surface area contributed by atoms with E-state index in [0.29, 0.717) is 23.7 Å². The smallest absolute Gasteiger partial charge is 0.309 e. The Morgan fingerprint density at radius 2 is 1.63 bits per heavy atom. The molecule has 5 aliphatic carbocycles. The number of rotatable bonds is 7. The van der Waals surface area contributed by atoms with Gasteiger partial charge in [0.2, 0.25) is 5.91 Å². The van der Waals surface area contributed by atoms with Crippen molar-refractivity contribution in [2.24, 2.45) is 62.1 Å². The van der Waals surface area contributed by atoms with Crippen molar-refractivity contribution in [3.05, 3.63) is 48.7 Å². The molecule has 5 fully saturated rings. The molecule has 7 heteroatoms. The Morgan fingerprint density at radius 3 is 2.35 bits per heavy atom. The predicted molar refractivity (Wildman–Crippen MR) is 205 cm³/mol. The molecule has 7 rings (SSSR count). The number of hydrogen-bond acceptors (Lipinski definition) is 5. The second-order valence-corrected chi connectivity index (χ2v) is 19.9. The number of carbonyl (C=O) groups is 3. The first-order chi connectivity index (χ1) is 24.3. The highest BCUT2D eigenvalue weighted by Gasteiger charge is 2.72. The summed E-state index contributed by atoms with van der Waals surface area (Å²) in [7, 11) is 0. The number of carbonyl (C=O) groups excluding carboxylic acids is 2. The highest BCUT2D eigenvalue weighted by atomic mass is 16.5. The van der Waals surface area contributed by atoms with E-state index < -0.39 is 22.8 Å². The molecule has 0 spiro atoms. The van der Waals surface area contributed by atoms with Crippen molar-refractivity contribution in [3.8, 4) is 0 Å². The van der Waals surface area contributed by atoms with Crippen LogP contribution in [0.1, 0.15) is 126 Å². The Morgan fingerprint density at radius 1 is 0.904 bits per heavy atom. The van der Waals surface area contributed by atoms with Gasteiger partial charge in [0, 0.05) is 17.0 Å². The number of fused-ring (bicyclic) bond motifs is 8. The lowest BCUT2D eigenvalue weighted by Gasteiger charge is -2.72. The zero-order chi connectivity index (χ0) is 37.6. The summed E-state index contributed by atoms with van der Waals surface area (Å²) in [6.07, 6.45) is 11.6. The molecule has 5 saturated carbocycles. The first kappa shape index (κ1) is 37.1. The van der Waals surface area contributed by atoms with E-state index in [4.69, 9.17) is 4.74 Å². The number of para-hydroxylation sites is 1. The van der Waals surface area contributed by atoms with Crippen LogP contribution in [-0.2, 0) is 19.1 Å². The molecule has 1 aromatic carbocycles. The lowest BCUT2D eigenvalue weighted by molar-refractivity contribution is -0.249. The number of aromatic nitrogens is 1. The molecule has 0 bridgehead atoms. The summed E-state index contributed by atoms with van der Waals surface area (Å²) in [4.78, 5) is 44.3. The van der Waals surface area contributed by atoms with E-state index in [1.807, 2.05) is 18.2 Å². The largest absolute Gasteiger partial charge is 0.481 e. The van der Waals surface area contributed by atoms with E-state index in [2.05, 4.69) is 70.6 Å². The average Bonchev–Trinajstić information content (AvgIpc) is 3.48. The number of aliphatic carboxylic acids is 1. The lowest BCUT2D eigenvalue weighted by atomic mass is 9.32. The number of pyridine rings is 1. The first-order valence-corrected chi connectivity index (χ1v) is 20.1. The van der Waals surface area contributed by atoms with Crippen LogP contribution in [0.3, 0.4) is 0 Å². The zero-order valence-corrected chi connectivity index (χ0v) is 32.9. The minimum absolute atomic E-state index is 0.0905. The van der Waals surface area contributed by atoms with E-state index in [1.54, 1.807) is 20.0 Å². The fraction of sp³-hybridized carbons (Fsp3) is 0.689. The molecule has 1 aromatic heterocycles. The van der Waals surface area contributed by atoms with Crippen molar-refractivity contribution < 1.29 is 24.2 Å². The fourth-order valence-electron chi connectivity index (χ4n) is 13.8. The quantitative estimate of drug-likeness (QED) is 0.219. The van der Waals surface area contributed by atoms with Crippen LogP contribution in [0.25, 0.3) is 10.9 Å². The summed E-state index contributed by atoms with van der Waals surface area (Å²) in [5.74, 6) is 0.754. The van der Waals surface area contributed by atoms with Gasteiger partial charge < -0.3 is 15.2 Å². The van der Waals surface area contributed by atoms with Gasteiger partial charge in [-0.05, 0) is 143 Å². The molecule has 5 aliphatic rings. The van der Waals surface area contributed by atoms with Gasteiger partial charge in [-0.25, -0.2) is 0 Å². The van der Waals surface area contributed by atoms with Crippen LogP contribution >= 0.6 is 0 Å². The number of ether oxygens (including phenoxy) is 1. The summed E-state index contributed by atoms with van der Waals surface area (Å²) in [5, 5.41) is 14.1. The van der Waals surface area contributed by atoms with Crippen LogP contribution in [0.4, 0.5) is 5.69 Å². The number of carboxylic acid groups (broad SMARTS) is 1. The minimum Gasteiger partial charge on any atom is -0.481 e. The summed E-state index contributed by atoms with van der Waals surface area (Å²) in [5.41, 5.74) is 1.39. The van der Waals surface area contributed by atoms with Gasteiger partial charge in [0.1, 0.15) is 6.10 Å². The molecule has 10 atom stereocenters. The first-order valence-electron chi connectivity index (χ1n) is 20.1. The SMILES string of the molecule is C=C(C)[C@@H]1CC[C@]2(C(=O)Nc3cccc4cccnc34)CC[C@]3(C)C(CCC4[C@@]5(C)CC[C@H](OC(=O)CC(C)(C)C(=O)O)C(C)(C)C5CC[C@]43C)C12. The third-order valence-electron chi connectivity index (χ3n) is 16.8. The molecular weight excluding hydrogens is 649 g/mol. The van der Waals surface area contributed by atoms with E-state index >= 15 is 0 Å². The number of hydrogen-bond donors (Lipinski definition) is 2. The number of allylic oxidation sites excluding steroid dienone is 1. The van der Waals surface area contributed by atoms with Gasteiger partial charge in [0.15, 0.2) is 0 Å². The number of benzene rings is 1. The van der Waals surface area contributed by atoms with E-state index in [1.165, 1.54) is 5.57 Å². The molecule has 7 nitrogen and oxygen atoms in total. The molecule has 52 heavy (non-hydrogen) atoms. The maximum atomic E-state index is 14.8. The van der Waals surface area contributed by atoms with Gasteiger partial charge in [-0.1, -0.05) is 65.0 Å². The van der Waals surface area contributed by atoms with Crippen LogP contribution in [0.5, 0.6) is 0 Å². The Labute approximate surface area is 311 Å². The Bertz CT molecular complexity index is 1790. The number of nitrogens with one attached hydrogen (secondary N) is 1. The van der Waals surface area contributed by atoms with Crippen LogP contribution in [0, 0.1) is 62.1 Å². The van der Waals surface area contributed by atoms with E-state index in [0.717, 1.165) is 80.8 Å². The Hall–Kier alpha value is -3.22. The van der Waals surface area contributed by atoms with Gasteiger partial charge in [0.25, 0.3) is 0 Å². The van der Waals surface area contributed by atoms with Crippen molar-refractivity contribution in [2.75, 3.05) is 5.32 Å². The molecule has 1 amide bonds. The standard InChI is InChI=1S/C45H62N2O5/c1-27(2)29-17-22-45(38(49)47-31-14-10-12-28-13-11-25-46-37(28)31)24-23-43(8)30(36(29)45)15-16-33-42(7)20-19-34(52-35(48)26-40(3,4)39(50)51)41(5,6)32(42)18-21-44(33,43)9/h10-14,25,29-30,32-34,36H,1,15-24,26H2,2-9H3,(H,47,49)(H,50,51)/t29-,30?,32?,33?,34-,36?,42-,43+,44+,45-/m0/s1. The molecular formula is C45H62N2O5. The zero-order valence-electron chi connectivity index (χ0n) is 32.9. The predicted octanol–water partition coefficient (Wildman–Crippen LogP) is 10.2. The number of carboxylic acids is 1. The van der Waals surface area contributed by atoms with Gasteiger partial charge in [-0.2, -0.15) is 0 Å². The van der Waals surface area contributed by atoms with Gasteiger partial charge in [-0.15, -0.1) is 0 Å². The Kier molecular flexibility index (Phi) is 8.86. The highest BCUT2D eigenvalue weighted by molar-refractivity contribution is 6.02. The Balaban J connectivity index is 1.16. The van der Waals surface area contributed by atoms with Gasteiger partial charge >= 0.3 is 11.9 Å². The summed E-state index contributed by atoms with van der Waals surface area (Å²) in [6.45, 7) is 22.2. The van der Waals surface area contributed by atoms with Gasteiger partial charge in [-0.3, -0.25) is 19.4 Å². The average molecular weight is 711 g/mol. The molecule has 2 aromatic rings. The number of esters is 1. The maximum Gasteiger partial charge on any atom is 0.309 e. The second-order valence-electron chi connectivity index (χ2n) is 19.9. The van der Waals surface area contributed by atoms with Crippen LogP contribution < -0.4 is 5.32 Å². The summed E-state index contributed by atoms with van der Waals surface area (Å²) < 4.78 is 6.18. The van der Waals surface area contributed by atoms with E-state index in [-0.39, 0.29) is 46.0 Å². The molecule has 0 radical (unpaired) electrons. The molecule has 282 valence electrons. The van der Waals surface area contributed by atoms with Crippen molar-refractivity contribution >= 4 is 34.4 Å². The highest BCUT2D eigenvalue weighted by Crippen LogP contribution is 2.77. The normalized spacial score (nSPS) is 39.3. The topological polar surface area (TPSA) is 106 Å². The summed E-state index contributed by atoms with van der Waals surface area (Å²) >= 11 is 0. The van der Waals surface area contributed by atoms with Crippen molar-refractivity contribution in [1.82, 2.24) is 4.98 Å².